The zero-order valence-corrected chi connectivity index (χ0v) is 12.9. The molecule has 0 aliphatic rings. The summed E-state index contributed by atoms with van der Waals surface area (Å²) in [7, 11) is 0. The van der Waals surface area contributed by atoms with Gasteiger partial charge in [-0.3, -0.25) is 0 Å². The van der Waals surface area contributed by atoms with E-state index in [4.69, 9.17) is 0 Å². The number of hydrogen-bond acceptors (Lipinski definition) is 0. The summed E-state index contributed by atoms with van der Waals surface area (Å²) < 4.78 is 0. The third-order valence-corrected chi connectivity index (χ3v) is 2.95. The average molecular weight is 264 g/mol. The van der Waals surface area contributed by atoms with Crippen LogP contribution in [0.2, 0.25) is 0 Å². The molecule has 0 nitrogen and oxygen atoms in total. The maximum Gasteiger partial charge on any atom is -0.0155 e. The Morgan fingerprint density at radius 3 is 1.65 bits per heavy atom. The van der Waals surface area contributed by atoms with Gasteiger partial charge in [0.05, 0.1) is 0 Å². The third kappa shape index (κ3) is 4.89. The van der Waals surface area contributed by atoms with Crippen LogP contribution in [0.15, 0.2) is 72.8 Å². The highest BCUT2D eigenvalue weighted by atomic mass is 14.0. The van der Waals surface area contributed by atoms with Crippen LogP contribution < -0.4 is 0 Å². The zero-order chi connectivity index (χ0) is 14.8. The van der Waals surface area contributed by atoms with Gasteiger partial charge >= 0.3 is 0 Å². The van der Waals surface area contributed by atoms with Crippen molar-refractivity contribution in [3.05, 3.63) is 83.9 Å². The van der Waals surface area contributed by atoms with E-state index in [1.807, 2.05) is 32.0 Å². The lowest BCUT2D eigenvalue weighted by Gasteiger charge is -1.98. The summed E-state index contributed by atoms with van der Waals surface area (Å²) in [6.07, 6.45) is 0. The van der Waals surface area contributed by atoms with Gasteiger partial charge in [0.2, 0.25) is 0 Å². The summed E-state index contributed by atoms with van der Waals surface area (Å²) >= 11 is 0. The summed E-state index contributed by atoms with van der Waals surface area (Å²) in [5, 5.41) is 2.68. The van der Waals surface area contributed by atoms with Gasteiger partial charge in [-0.15, -0.1) is 0 Å². The van der Waals surface area contributed by atoms with Gasteiger partial charge in [-0.05, 0) is 30.2 Å². The van der Waals surface area contributed by atoms with Gasteiger partial charge in [0.15, 0.2) is 0 Å². The van der Waals surface area contributed by atoms with Crippen LogP contribution in [0.3, 0.4) is 0 Å². The monoisotopic (exact) mass is 264 g/mol. The predicted molar refractivity (Wildman–Crippen MR) is 91.2 cm³/mol. The second-order valence-electron chi connectivity index (χ2n) is 4.45. The Morgan fingerprint density at radius 2 is 1.10 bits per heavy atom. The lowest BCUT2D eigenvalue weighted by molar-refractivity contribution is 1.48. The van der Waals surface area contributed by atoms with E-state index < -0.39 is 0 Å². The number of benzene rings is 3. The summed E-state index contributed by atoms with van der Waals surface area (Å²) in [6, 6.07) is 25.1. The Bertz CT molecular complexity index is 604. The van der Waals surface area contributed by atoms with Crippen molar-refractivity contribution in [1.82, 2.24) is 0 Å². The van der Waals surface area contributed by atoms with E-state index in [9.17, 15) is 0 Å². The summed E-state index contributed by atoms with van der Waals surface area (Å²) in [5.74, 6) is 0. The van der Waals surface area contributed by atoms with Crippen molar-refractivity contribution in [1.29, 1.82) is 0 Å². The van der Waals surface area contributed by atoms with Gasteiger partial charge in [-0.25, -0.2) is 0 Å². The highest BCUT2D eigenvalue weighted by Gasteiger charge is 1.92. The molecule has 0 atom stereocenters. The Balaban J connectivity index is 0.000000193. The number of hydrogen-bond donors (Lipinski definition) is 0. The first-order chi connectivity index (χ1) is 9.77. The molecule has 0 unspecified atom stereocenters. The van der Waals surface area contributed by atoms with Crippen molar-refractivity contribution in [2.24, 2.45) is 0 Å². The van der Waals surface area contributed by atoms with Crippen molar-refractivity contribution in [3.63, 3.8) is 0 Å². The zero-order valence-electron chi connectivity index (χ0n) is 12.9. The van der Waals surface area contributed by atoms with E-state index in [-0.39, 0.29) is 0 Å². The van der Waals surface area contributed by atoms with Gasteiger partial charge in [0.1, 0.15) is 0 Å². The lowest BCUT2D eigenvalue weighted by Crippen LogP contribution is -1.75. The molecule has 0 amide bonds. The highest BCUT2D eigenvalue weighted by Crippen LogP contribution is 2.16. The molecular weight excluding hydrogens is 240 g/mol. The van der Waals surface area contributed by atoms with Gasteiger partial charge in [-0.2, -0.15) is 0 Å². The molecule has 0 N–H and O–H groups in total. The summed E-state index contributed by atoms with van der Waals surface area (Å²) in [4.78, 5) is 0. The van der Waals surface area contributed by atoms with Gasteiger partial charge < -0.3 is 0 Å². The van der Waals surface area contributed by atoms with Gasteiger partial charge in [-0.1, -0.05) is 92.2 Å². The first kappa shape index (κ1) is 16.0. The Kier molecular flexibility index (Phi) is 7.13. The summed E-state index contributed by atoms with van der Waals surface area (Å²) in [5.41, 5.74) is 2.67. The molecule has 0 fully saturated rings. The number of rotatable bonds is 0. The largest absolute Gasteiger partial charge is 0.0683 e. The van der Waals surface area contributed by atoms with Crippen LogP contribution in [0.25, 0.3) is 10.8 Å². The fourth-order valence-electron chi connectivity index (χ4n) is 1.92. The molecular formula is C20H24. The normalized spacial score (nSPS) is 9.00. The van der Waals surface area contributed by atoms with Crippen molar-refractivity contribution in [3.8, 4) is 0 Å². The average Bonchev–Trinajstić information content (AvgIpc) is 2.51. The van der Waals surface area contributed by atoms with Crippen molar-refractivity contribution < 1.29 is 0 Å². The van der Waals surface area contributed by atoms with E-state index >= 15 is 0 Å². The fourth-order valence-corrected chi connectivity index (χ4v) is 1.92. The second kappa shape index (κ2) is 8.92. The van der Waals surface area contributed by atoms with Crippen molar-refractivity contribution >= 4 is 10.8 Å². The molecule has 0 aliphatic carbocycles. The maximum atomic E-state index is 2.16. The summed E-state index contributed by atoms with van der Waals surface area (Å²) in [6.45, 7) is 8.22. The molecule has 3 aromatic rings. The number of aryl methyl sites for hydroxylation is 2. The van der Waals surface area contributed by atoms with Gasteiger partial charge in [0.25, 0.3) is 0 Å². The minimum atomic E-state index is 1.32. The maximum absolute atomic E-state index is 2.16. The Labute approximate surface area is 123 Å². The third-order valence-electron chi connectivity index (χ3n) is 2.95. The number of fused-ring (bicyclic) bond motifs is 1. The molecule has 0 saturated heterocycles. The fraction of sp³-hybridized carbons (Fsp3) is 0.200. The van der Waals surface area contributed by atoms with E-state index in [0.29, 0.717) is 0 Å². The van der Waals surface area contributed by atoms with Crippen molar-refractivity contribution in [2.75, 3.05) is 0 Å². The van der Waals surface area contributed by atoms with E-state index in [0.717, 1.165) is 0 Å². The standard InChI is InChI=1S/C11H10.C7H8.C2H6/c1-9-5-4-7-10-6-2-3-8-11(9)10;1-7-5-3-2-4-6-7;1-2/h2-8H,1H3;2-6H,1H3;1-2H3. The molecule has 3 rings (SSSR count). The van der Waals surface area contributed by atoms with Crippen LogP contribution in [-0.4, -0.2) is 0 Å². The van der Waals surface area contributed by atoms with Crippen LogP contribution in [0.4, 0.5) is 0 Å². The minimum absolute atomic E-state index is 1.32. The van der Waals surface area contributed by atoms with Crippen LogP contribution in [-0.2, 0) is 0 Å². The lowest BCUT2D eigenvalue weighted by atomic mass is 10.1. The molecule has 0 aliphatic heterocycles. The molecule has 0 heterocycles. The minimum Gasteiger partial charge on any atom is -0.0683 e. The Hall–Kier alpha value is -2.08. The molecule has 104 valence electrons. The van der Waals surface area contributed by atoms with Crippen molar-refractivity contribution in [2.45, 2.75) is 27.7 Å². The van der Waals surface area contributed by atoms with Crippen LogP contribution >= 0.6 is 0 Å². The van der Waals surface area contributed by atoms with Crippen LogP contribution in [0.1, 0.15) is 25.0 Å². The Morgan fingerprint density at radius 1 is 0.550 bits per heavy atom. The first-order valence-corrected chi connectivity index (χ1v) is 7.23. The predicted octanol–water partition coefficient (Wildman–Crippen LogP) is 6.17. The van der Waals surface area contributed by atoms with Crippen LogP contribution in [0.5, 0.6) is 0 Å². The smallest absolute Gasteiger partial charge is 0.0155 e. The highest BCUT2D eigenvalue weighted by molar-refractivity contribution is 5.85. The molecule has 0 heteroatoms. The molecule has 3 aromatic carbocycles. The molecule has 0 saturated carbocycles. The molecule has 20 heavy (non-hydrogen) atoms. The first-order valence-electron chi connectivity index (χ1n) is 7.23. The quantitative estimate of drug-likeness (QED) is 0.455. The van der Waals surface area contributed by atoms with Gasteiger partial charge in [0, 0.05) is 0 Å². The second-order valence-corrected chi connectivity index (χ2v) is 4.45. The molecule has 0 aromatic heterocycles. The molecule has 0 bridgehead atoms. The molecule has 0 radical (unpaired) electrons. The van der Waals surface area contributed by atoms with E-state index in [2.05, 4.69) is 68.4 Å². The topological polar surface area (TPSA) is 0 Å². The molecule has 0 spiro atoms. The van der Waals surface area contributed by atoms with E-state index in [1.54, 1.807) is 0 Å². The SMILES string of the molecule is CC.Cc1cccc2ccccc12.Cc1ccccc1. The van der Waals surface area contributed by atoms with Crippen LogP contribution in [0, 0.1) is 13.8 Å². The van der Waals surface area contributed by atoms with E-state index in [1.165, 1.54) is 21.9 Å².